The lowest BCUT2D eigenvalue weighted by molar-refractivity contribution is 0.0992. The Morgan fingerprint density at radius 3 is 1.47 bits per heavy atom. The third-order valence-electron chi connectivity index (χ3n) is 5.35. The van der Waals surface area contributed by atoms with Gasteiger partial charge in [-0.25, -0.2) is 9.36 Å². The van der Waals surface area contributed by atoms with Gasteiger partial charge in [0.25, 0.3) is 11.8 Å². The summed E-state index contributed by atoms with van der Waals surface area (Å²) >= 11 is 0. The summed E-state index contributed by atoms with van der Waals surface area (Å²) < 4.78 is 37.6. The molecule has 0 saturated heterocycles. The van der Waals surface area contributed by atoms with Crippen molar-refractivity contribution in [3.05, 3.63) is 97.7 Å². The Balaban J connectivity index is 0.000000626. The predicted molar refractivity (Wildman–Crippen MR) is 188 cm³/mol. The monoisotopic (exact) mass is 726 g/mol. The number of hydrogen-bond donors (Lipinski definition) is 8. The molecular formula is C28H38N16O6S. The van der Waals surface area contributed by atoms with E-state index in [-0.39, 0.29) is 28.6 Å². The molecule has 4 heterocycles. The molecule has 0 unspecified atom stereocenters. The van der Waals surface area contributed by atoms with Crippen molar-refractivity contribution in [2.75, 3.05) is 22.9 Å². The maximum atomic E-state index is 10.7. The van der Waals surface area contributed by atoms with E-state index in [1.165, 1.54) is 32.6 Å². The number of amides is 2. The van der Waals surface area contributed by atoms with Crippen molar-refractivity contribution in [3.63, 3.8) is 0 Å². The second-order valence-electron chi connectivity index (χ2n) is 9.11. The molecule has 0 aliphatic heterocycles. The molecular weight excluding hydrogens is 688 g/mol. The molecule has 0 spiro atoms. The summed E-state index contributed by atoms with van der Waals surface area (Å²) in [5.41, 5.74) is 33.2. The summed E-state index contributed by atoms with van der Waals surface area (Å²) in [5, 5.41) is 32.4. The standard InChI is InChI=1S/2C7H10N4O.2C7H8N4.H2O4S/c1-2-3-11-4-5(7(9)12)6(8)10-11;1-2-3-11-6(8)5(4-10-11)7(9)12;1-2-3-11-5-6(4-8)7(9)10-11;1-2-3-11-7(9)6(4-8)5-10-11;1-5(2,3)4/h2,4H,1,3H2,(H2,8,10)(H2,9,12);2,4H,1,3,8H2,(H2,9,12);2,5H,1,3H2,(H2,9,10);2,5H,1,3,9H2;(H2,1,2,3,4). The molecule has 0 aliphatic carbocycles. The Labute approximate surface area is 292 Å². The van der Waals surface area contributed by atoms with E-state index < -0.39 is 22.2 Å². The average molecular weight is 727 g/mol. The molecule has 0 saturated carbocycles. The Bertz CT molecular complexity index is 1980. The largest absolute Gasteiger partial charge is 0.394 e. The minimum Gasteiger partial charge on any atom is -0.383 e. The van der Waals surface area contributed by atoms with E-state index >= 15 is 0 Å². The van der Waals surface area contributed by atoms with Crippen LogP contribution in [0.4, 0.5) is 23.3 Å². The molecule has 51 heavy (non-hydrogen) atoms. The van der Waals surface area contributed by atoms with Gasteiger partial charge in [-0.15, -0.1) is 26.3 Å². The van der Waals surface area contributed by atoms with Crippen molar-refractivity contribution < 1.29 is 27.1 Å². The van der Waals surface area contributed by atoms with Gasteiger partial charge in [-0.2, -0.15) is 39.3 Å². The minimum absolute atomic E-state index is 0.157. The number of nitrogen functional groups attached to an aromatic ring is 4. The van der Waals surface area contributed by atoms with Gasteiger partial charge >= 0.3 is 10.4 Å². The number of anilines is 4. The van der Waals surface area contributed by atoms with Gasteiger partial charge in [0.15, 0.2) is 11.6 Å². The van der Waals surface area contributed by atoms with E-state index in [1.807, 2.05) is 12.1 Å². The summed E-state index contributed by atoms with van der Waals surface area (Å²) in [5.74, 6) is -0.0286. The smallest absolute Gasteiger partial charge is 0.383 e. The lowest BCUT2D eigenvalue weighted by atomic mass is 10.3. The van der Waals surface area contributed by atoms with Crippen molar-refractivity contribution >= 4 is 45.5 Å². The fraction of sp³-hybridized carbons (Fsp3) is 0.143. The normalized spacial score (nSPS) is 9.57. The van der Waals surface area contributed by atoms with Crippen LogP contribution in [0.5, 0.6) is 0 Å². The average Bonchev–Trinajstić information content (AvgIpc) is 3.80. The summed E-state index contributed by atoms with van der Waals surface area (Å²) in [4.78, 5) is 21.4. The number of primary amides is 2. The van der Waals surface area contributed by atoms with Crippen molar-refractivity contribution in [3.8, 4) is 12.1 Å². The van der Waals surface area contributed by atoms with Crippen LogP contribution in [0.3, 0.4) is 0 Å². The molecule has 22 nitrogen and oxygen atoms in total. The van der Waals surface area contributed by atoms with Crippen LogP contribution < -0.4 is 34.4 Å². The Morgan fingerprint density at radius 1 is 0.706 bits per heavy atom. The van der Waals surface area contributed by atoms with Gasteiger partial charge in [0, 0.05) is 12.4 Å². The van der Waals surface area contributed by atoms with Crippen molar-refractivity contribution in [2.24, 2.45) is 11.5 Å². The third kappa shape index (κ3) is 16.0. The highest BCUT2D eigenvalue weighted by Gasteiger charge is 2.11. The Kier molecular flexibility index (Phi) is 18.6. The lowest BCUT2D eigenvalue weighted by Crippen LogP contribution is -2.13. The van der Waals surface area contributed by atoms with E-state index in [1.54, 1.807) is 35.2 Å². The Morgan fingerprint density at radius 2 is 1.12 bits per heavy atom. The van der Waals surface area contributed by atoms with E-state index in [4.69, 9.17) is 62.4 Å². The highest BCUT2D eigenvalue weighted by molar-refractivity contribution is 7.79. The highest BCUT2D eigenvalue weighted by Crippen LogP contribution is 2.10. The number of aromatic nitrogens is 8. The van der Waals surface area contributed by atoms with Gasteiger partial charge < -0.3 is 34.4 Å². The SMILES string of the molecule is C=CCn1cc(C#N)c(N)n1.C=CCn1cc(C(N)=O)c(N)n1.C=CCn1ncc(C#N)c1N.C=CCn1ncc(C(N)=O)c1N.O=S(=O)(O)O. The quantitative estimate of drug-likeness (QED) is 0.0780. The van der Waals surface area contributed by atoms with Crippen LogP contribution in [-0.4, -0.2) is 68.5 Å². The van der Waals surface area contributed by atoms with E-state index in [9.17, 15) is 9.59 Å². The van der Waals surface area contributed by atoms with E-state index in [0.29, 0.717) is 43.1 Å². The van der Waals surface area contributed by atoms with Gasteiger partial charge in [-0.1, -0.05) is 24.3 Å². The molecule has 0 bridgehead atoms. The third-order valence-corrected chi connectivity index (χ3v) is 5.35. The number of carbonyl (C=O) groups is 2. The number of rotatable bonds is 10. The number of nitrogens with two attached hydrogens (primary N) is 6. The van der Waals surface area contributed by atoms with Crippen molar-refractivity contribution in [1.29, 1.82) is 10.5 Å². The minimum atomic E-state index is -4.67. The predicted octanol–water partition coefficient (Wildman–Crippen LogP) is -0.106. The van der Waals surface area contributed by atoms with Gasteiger partial charge in [-0.3, -0.25) is 28.1 Å². The molecule has 0 radical (unpaired) electrons. The molecule has 0 aliphatic rings. The van der Waals surface area contributed by atoms with Crippen LogP contribution >= 0.6 is 0 Å². The van der Waals surface area contributed by atoms with Crippen LogP contribution in [0.25, 0.3) is 0 Å². The van der Waals surface area contributed by atoms with Gasteiger partial charge in [0.2, 0.25) is 0 Å². The fourth-order valence-corrected chi connectivity index (χ4v) is 3.20. The van der Waals surface area contributed by atoms with E-state index in [2.05, 4.69) is 46.7 Å². The molecule has 4 aromatic rings. The fourth-order valence-electron chi connectivity index (χ4n) is 3.20. The topological polar surface area (TPSA) is 384 Å². The molecule has 0 fully saturated rings. The van der Waals surface area contributed by atoms with E-state index in [0.717, 1.165) is 0 Å². The lowest BCUT2D eigenvalue weighted by Gasteiger charge is -1.98. The van der Waals surface area contributed by atoms with Crippen molar-refractivity contribution in [2.45, 2.75) is 26.2 Å². The maximum Gasteiger partial charge on any atom is 0.394 e. The second-order valence-corrected chi connectivity index (χ2v) is 10.0. The van der Waals surface area contributed by atoms with Gasteiger partial charge in [0.05, 0.1) is 38.6 Å². The second kappa shape index (κ2) is 21.6. The van der Waals surface area contributed by atoms with Crippen LogP contribution in [0.2, 0.25) is 0 Å². The van der Waals surface area contributed by atoms with Crippen LogP contribution in [0.1, 0.15) is 31.8 Å². The molecule has 0 atom stereocenters. The molecule has 4 aromatic heterocycles. The zero-order valence-corrected chi connectivity index (χ0v) is 28.0. The first-order chi connectivity index (χ1) is 23.9. The Hall–Kier alpha value is -7.21. The number of nitriles is 2. The first-order valence-corrected chi connectivity index (χ1v) is 15.1. The first kappa shape index (κ1) is 43.8. The van der Waals surface area contributed by atoms with Crippen LogP contribution in [0.15, 0.2) is 75.4 Å². The number of hydrogen-bond acceptors (Lipinski definition) is 14. The zero-order chi connectivity index (χ0) is 39.3. The molecule has 0 aromatic carbocycles. The first-order valence-electron chi connectivity index (χ1n) is 13.7. The maximum absolute atomic E-state index is 10.7. The highest BCUT2D eigenvalue weighted by atomic mass is 32.3. The molecule has 14 N–H and O–H groups in total. The number of carbonyl (C=O) groups excluding carboxylic acids is 2. The zero-order valence-electron chi connectivity index (χ0n) is 27.1. The van der Waals surface area contributed by atoms with Gasteiger partial charge in [0.1, 0.15) is 46.0 Å². The molecule has 272 valence electrons. The molecule has 4 rings (SSSR count). The molecule has 23 heteroatoms. The van der Waals surface area contributed by atoms with Crippen LogP contribution in [-0.2, 0) is 36.6 Å². The van der Waals surface area contributed by atoms with Crippen molar-refractivity contribution in [1.82, 2.24) is 39.1 Å². The number of allylic oxidation sites excluding steroid dienone is 4. The molecule has 2 amide bonds. The summed E-state index contributed by atoms with van der Waals surface area (Å²) in [7, 11) is -4.67. The number of nitrogens with zero attached hydrogens (tertiary/aromatic N) is 10. The summed E-state index contributed by atoms with van der Waals surface area (Å²) in [6, 6.07) is 3.86. The van der Waals surface area contributed by atoms with Gasteiger partial charge in [-0.05, 0) is 0 Å². The summed E-state index contributed by atoms with van der Waals surface area (Å²) in [6.07, 6.45) is 12.5. The summed E-state index contributed by atoms with van der Waals surface area (Å²) in [6.45, 7) is 16.2. The van der Waals surface area contributed by atoms with Crippen LogP contribution in [0, 0.1) is 22.7 Å².